The second kappa shape index (κ2) is 7.77. The molecule has 7 heteroatoms. The lowest BCUT2D eigenvalue weighted by Gasteiger charge is -2.28. The molecular formula is C17H16N2O5. The molecular weight excluding hydrogens is 312 g/mol. The minimum atomic E-state index is -1.19. The molecule has 0 spiro atoms. The second-order valence-corrected chi connectivity index (χ2v) is 4.78. The lowest BCUT2D eigenvalue weighted by Crippen LogP contribution is -2.44. The molecule has 2 aromatic rings. The van der Waals surface area contributed by atoms with E-state index in [-0.39, 0.29) is 5.76 Å². The predicted molar refractivity (Wildman–Crippen MR) is 86.2 cm³/mol. The van der Waals surface area contributed by atoms with Crippen LogP contribution in [0, 0.1) is 0 Å². The van der Waals surface area contributed by atoms with Crippen LogP contribution >= 0.6 is 0 Å². The van der Waals surface area contributed by atoms with Gasteiger partial charge in [0.15, 0.2) is 6.04 Å². The van der Waals surface area contributed by atoms with Crippen molar-refractivity contribution >= 4 is 23.5 Å². The smallest absolute Gasteiger partial charge is 0.322 e. The molecule has 2 amide bonds. The monoisotopic (exact) mass is 328 g/mol. The Labute approximate surface area is 138 Å². The number of anilines is 1. The van der Waals surface area contributed by atoms with Crippen LogP contribution in [0.4, 0.5) is 5.69 Å². The van der Waals surface area contributed by atoms with E-state index in [0.717, 1.165) is 6.08 Å². The summed E-state index contributed by atoms with van der Waals surface area (Å²) in [5.74, 6) is -2.18. The molecule has 2 rings (SSSR count). The van der Waals surface area contributed by atoms with E-state index < -0.39 is 30.4 Å². The number of rotatable bonds is 7. The number of carboxylic acid groups (broad SMARTS) is 1. The van der Waals surface area contributed by atoms with Gasteiger partial charge < -0.3 is 14.8 Å². The highest BCUT2D eigenvalue weighted by atomic mass is 16.4. The fraction of sp³-hybridized carbons (Fsp3) is 0.118. The Balaban J connectivity index is 2.45. The van der Waals surface area contributed by atoms with Crippen LogP contribution in [-0.4, -0.2) is 29.4 Å². The van der Waals surface area contributed by atoms with Crippen LogP contribution in [0.15, 0.2) is 65.8 Å². The van der Waals surface area contributed by atoms with E-state index in [1.54, 1.807) is 36.4 Å². The van der Waals surface area contributed by atoms with E-state index in [1.165, 1.54) is 17.2 Å². The summed E-state index contributed by atoms with van der Waals surface area (Å²) >= 11 is 0. The summed E-state index contributed by atoms with van der Waals surface area (Å²) in [6.45, 7) is 2.89. The molecule has 1 aromatic carbocycles. The number of nitrogens with one attached hydrogen (secondary N) is 1. The zero-order chi connectivity index (χ0) is 17.5. The molecule has 0 radical (unpaired) electrons. The summed E-state index contributed by atoms with van der Waals surface area (Å²) in [6.07, 6.45) is 2.45. The highest BCUT2D eigenvalue weighted by molar-refractivity contribution is 6.06. The van der Waals surface area contributed by atoms with Crippen molar-refractivity contribution in [3.8, 4) is 0 Å². The van der Waals surface area contributed by atoms with E-state index in [2.05, 4.69) is 11.9 Å². The maximum absolute atomic E-state index is 12.5. The molecule has 1 unspecified atom stereocenters. The molecule has 124 valence electrons. The van der Waals surface area contributed by atoms with Crippen LogP contribution in [0.1, 0.15) is 11.8 Å². The van der Waals surface area contributed by atoms with Crippen LogP contribution in [0.3, 0.4) is 0 Å². The van der Waals surface area contributed by atoms with E-state index in [0.29, 0.717) is 5.69 Å². The fourth-order valence-corrected chi connectivity index (χ4v) is 2.17. The summed E-state index contributed by atoms with van der Waals surface area (Å²) in [7, 11) is 0. The van der Waals surface area contributed by atoms with Gasteiger partial charge in [0, 0.05) is 5.69 Å². The number of carboxylic acids is 1. The number of amides is 2. The van der Waals surface area contributed by atoms with Crippen molar-refractivity contribution in [1.82, 2.24) is 5.32 Å². The number of nitrogens with zero attached hydrogens (tertiary/aromatic N) is 1. The number of furan rings is 1. The van der Waals surface area contributed by atoms with Gasteiger partial charge in [0.2, 0.25) is 0 Å². The van der Waals surface area contributed by atoms with Crippen molar-refractivity contribution < 1.29 is 23.9 Å². The molecule has 0 aliphatic carbocycles. The number of carbonyl (C=O) groups excluding carboxylic acids is 2. The molecule has 0 saturated heterocycles. The Bertz CT molecular complexity index is 725. The molecule has 0 aliphatic heterocycles. The van der Waals surface area contributed by atoms with Gasteiger partial charge in [-0.15, -0.1) is 0 Å². The second-order valence-electron chi connectivity index (χ2n) is 4.78. The van der Waals surface area contributed by atoms with Crippen LogP contribution < -0.4 is 10.2 Å². The molecule has 0 aliphatic rings. The van der Waals surface area contributed by atoms with Gasteiger partial charge in [0.05, 0.1) is 6.26 Å². The first-order valence-electron chi connectivity index (χ1n) is 7.08. The third kappa shape index (κ3) is 3.89. The number of aliphatic carboxylic acids is 1. The molecule has 1 atom stereocenters. The fourth-order valence-electron chi connectivity index (χ4n) is 2.17. The molecule has 7 nitrogen and oxygen atoms in total. The van der Waals surface area contributed by atoms with E-state index in [1.807, 2.05) is 0 Å². The Kier molecular flexibility index (Phi) is 5.51. The first-order chi connectivity index (χ1) is 11.5. The van der Waals surface area contributed by atoms with Crippen LogP contribution in [0.2, 0.25) is 0 Å². The summed E-state index contributed by atoms with van der Waals surface area (Å²) < 4.78 is 5.28. The van der Waals surface area contributed by atoms with Gasteiger partial charge in [-0.05, 0) is 30.3 Å². The summed E-state index contributed by atoms with van der Waals surface area (Å²) in [6, 6.07) is 10.5. The number of benzene rings is 1. The standard InChI is InChI=1S/C17H16N2O5/c1-2-14(20)19(12-7-4-3-5-8-12)16(13-9-6-10-24-13)17(23)18-11-15(21)22/h2-10,16H,1,11H2,(H,18,23)(H,21,22). The number of carbonyl (C=O) groups is 3. The van der Waals surface area contributed by atoms with Crippen molar-refractivity contribution in [2.24, 2.45) is 0 Å². The normalized spacial score (nSPS) is 11.3. The van der Waals surface area contributed by atoms with Crippen LogP contribution in [0.25, 0.3) is 0 Å². The van der Waals surface area contributed by atoms with Gasteiger partial charge in [-0.3, -0.25) is 19.3 Å². The van der Waals surface area contributed by atoms with Crippen molar-refractivity contribution in [1.29, 1.82) is 0 Å². The summed E-state index contributed by atoms with van der Waals surface area (Å²) in [4.78, 5) is 36.8. The zero-order valence-corrected chi connectivity index (χ0v) is 12.7. The van der Waals surface area contributed by atoms with Gasteiger partial charge in [-0.25, -0.2) is 0 Å². The molecule has 24 heavy (non-hydrogen) atoms. The number of para-hydroxylation sites is 1. The van der Waals surface area contributed by atoms with Crippen LogP contribution in [0.5, 0.6) is 0 Å². The topological polar surface area (TPSA) is 99.9 Å². The average molecular weight is 328 g/mol. The minimum Gasteiger partial charge on any atom is -0.480 e. The molecule has 2 N–H and O–H groups in total. The van der Waals surface area contributed by atoms with Crippen molar-refractivity contribution in [3.05, 3.63) is 67.1 Å². The van der Waals surface area contributed by atoms with Gasteiger partial charge in [-0.1, -0.05) is 24.8 Å². The maximum Gasteiger partial charge on any atom is 0.322 e. The Hall–Kier alpha value is -3.35. The van der Waals surface area contributed by atoms with Crippen LogP contribution in [-0.2, 0) is 14.4 Å². The van der Waals surface area contributed by atoms with Crippen molar-refractivity contribution in [2.45, 2.75) is 6.04 Å². The Morgan fingerprint density at radius 2 is 1.92 bits per heavy atom. The van der Waals surface area contributed by atoms with Crippen molar-refractivity contribution in [2.75, 3.05) is 11.4 Å². The predicted octanol–water partition coefficient (Wildman–Crippen LogP) is 1.74. The van der Waals surface area contributed by atoms with E-state index in [9.17, 15) is 14.4 Å². The Morgan fingerprint density at radius 3 is 2.46 bits per heavy atom. The lowest BCUT2D eigenvalue weighted by molar-refractivity contribution is -0.138. The third-order valence-corrected chi connectivity index (χ3v) is 3.18. The lowest BCUT2D eigenvalue weighted by atomic mass is 10.1. The average Bonchev–Trinajstić information content (AvgIpc) is 3.11. The number of hydrogen-bond donors (Lipinski definition) is 2. The molecule has 0 bridgehead atoms. The van der Waals surface area contributed by atoms with Gasteiger partial charge >= 0.3 is 5.97 Å². The molecule has 0 saturated carbocycles. The molecule has 1 heterocycles. The highest BCUT2D eigenvalue weighted by Crippen LogP contribution is 2.28. The quantitative estimate of drug-likeness (QED) is 0.754. The maximum atomic E-state index is 12.5. The minimum absolute atomic E-state index is 0.206. The van der Waals surface area contributed by atoms with E-state index in [4.69, 9.17) is 9.52 Å². The first-order valence-corrected chi connectivity index (χ1v) is 7.08. The first kappa shape index (κ1) is 17.0. The Morgan fingerprint density at radius 1 is 1.21 bits per heavy atom. The zero-order valence-electron chi connectivity index (χ0n) is 12.7. The molecule has 1 aromatic heterocycles. The third-order valence-electron chi connectivity index (χ3n) is 3.18. The van der Waals surface area contributed by atoms with Crippen molar-refractivity contribution in [3.63, 3.8) is 0 Å². The SMILES string of the molecule is C=CC(=O)N(c1ccccc1)C(C(=O)NCC(=O)O)c1ccco1. The highest BCUT2D eigenvalue weighted by Gasteiger charge is 2.33. The summed E-state index contributed by atoms with van der Waals surface area (Å²) in [5, 5.41) is 11.0. The summed E-state index contributed by atoms with van der Waals surface area (Å²) in [5.41, 5.74) is 0.453. The van der Waals surface area contributed by atoms with E-state index >= 15 is 0 Å². The van der Waals surface area contributed by atoms with Gasteiger partial charge in [0.25, 0.3) is 11.8 Å². The number of hydrogen-bond acceptors (Lipinski definition) is 4. The van der Waals surface area contributed by atoms with Gasteiger partial charge in [0.1, 0.15) is 12.3 Å². The van der Waals surface area contributed by atoms with Gasteiger partial charge in [-0.2, -0.15) is 0 Å². The largest absolute Gasteiger partial charge is 0.480 e. The molecule has 0 fully saturated rings.